The first kappa shape index (κ1) is 15.4. The first-order valence-corrected chi connectivity index (χ1v) is 5.61. The summed E-state index contributed by atoms with van der Waals surface area (Å²) >= 11 is 0. The van der Waals surface area contributed by atoms with Crippen molar-refractivity contribution < 1.29 is 18.7 Å². The Morgan fingerprint density at radius 1 is 1.38 bits per heavy atom. The minimum atomic E-state index is -2.44. The van der Waals surface area contributed by atoms with Crippen LogP contribution >= 0.6 is 0 Å². The van der Waals surface area contributed by atoms with Crippen LogP contribution in [0.3, 0.4) is 0 Å². The Bertz CT molecular complexity index is 196. The van der Waals surface area contributed by atoms with Crippen molar-refractivity contribution in [2.75, 3.05) is 26.2 Å². The quantitative estimate of drug-likeness (QED) is 0.619. The van der Waals surface area contributed by atoms with Crippen molar-refractivity contribution in [3.8, 4) is 0 Å². The average molecular weight is 237 g/mol. The monoisotopic (exact) mass is 237 g/mol. The van der Waals surface area contributed by atoms with Gasteiger partial charge in [-0.05, 0) is 12.8 Å². The highest BCUT2D eigenvalue weighted by Crippen LogP contribution is 2.25. The molecule has 0 aromatic rings. The van der Waals surface area contributed by atoms with Crippen molar-refractivity contribution in [1.82, 2.24) is 4.90 Å². The average Bonchev–Trinajstić information content (AvgIpc) is 2.25. The second-order valence-electron chi connectivity index (χ2n) is 4.04. The van der Waals surface area contributed by atoms with Gasteiger partial charge in [-0.2, -0.15) is 0 Å². The summed E-state index contributed by atoms with van der Waals surface area (Å²) in [6.45, 7) is 3.65. The van der Waals surface area contributed by atoms with Gasteiger partial charge in [0.2, 0.25) is 0 Å². The number of carbonyl (C=O) groups excluding carboxylic acids is 1. The van der Waals surface area contributed by atoms with Crippen molar-refractivity contribution in [3.63, 3.8) is 0 Å². The summed E-state index contributed by atoms with van der Waals surface area (Å²) < 4.78 is 24.6. The zero-order chi connectivity index (χ0) is 12.6. The number of hydrogen-bond acceptors (Lipinski definition) is 3. The molecule has 0 fully saturated rings. The zero-order valence-electron chi connectivity index (χ0n) is 9.96. The SMILES string of the molecule is CCC(C=O)(CC)CN(CCO)CC(F)F. The number of carbonyl (C=O) groups is 1. The summed E-state index contributed by atoms with van der Waals surface area (Å²) in [5.74, 6) is 0. The molecule has 0 atom stereocenters. The summed E-state index contributed by atoms with van der Waals surface area (Å²) in [7, 11) is 0. The van der Waals surface area contributed by atoms with Crippen LogP contribution in [0.25, 0.3) is 0 Å². The molecule has 0 aromatic heterocycles. The fourth-order valence-electron chi connectivity index (χ4n) is 1.69. The second kappa shape index (κ2) is 7.68. The Kier molecular flexibility index (Phi) is 7.42. The van der Waals surface area contributed by atoms with E-state index in [-0.39, 0.29) is 19.7 Å². The summed E-state index contributed by atoms with van der Waals surface area (Å²) in [6.07, 6.45) is -0.344. The molecule has 0 rings (SSSR count). The molecule has 0 saturated carbocycles. The predicted molar refractivity (Wildman–Crippen MR) is 58.6 cm³/mol. The number of rotatable bonds is 9. The molecule has 0 bridgehead atoms. The number of nitrogens with zero attached hydrogens (tertiary/aromatic N) is 1. The van der Waals surface area contributed by atoms with Gasteiger partial charge in [0.05, 0.1) is 13.2 Å². The molecular formula is C11H21F2NO2. The standard InChI is InChI=1S/C11H21F2NO2/c1-3-11(4-2,9-16)8-14(5-6-15)7-10(12)13/h9-10,15H,3-8H2,1-2H3. The largest absolute Gasteiger partial charge is 0.395 e. The van der Waals surface area contributed by atoms with E-state index >= 15 is 0 Å². The zero-order valence-corrected chi connectivity index (χ0v) is 9.96. The third-order valence-corrected chi connectivity index (χ3v) is 3.01. The first-order valence-electron chi connectivity index (χ1n) is 5.61. The number of hydrogen-bond donors (Lipinski definition) is 1. The molecule has 1 N–H and O–H groups in total. The fraction of sp³-hybridized carbons (Fsp3) is 0.909. The van der Waals surface area contributed by atoms with Crippen LogP contribution < -0.4 is 0 Å². The van der Waals surface area contributed by atoms with Crippen molar-refractivity contribution in [3.05, 3.63) is 0 Å². The molecule has 0 spiro atoms. The highest BCUT2D eigenvalue weighted by Gasteiger charge is 2.29. The molecule has 0 aliphatic heterocycles. The van der Waals surface area contributed by atoms with Gasteiger partial charge in [0.25, 0.3) is 6.43 Å². The Labute approximate surface area is 95.4 Å². The Morgan fingerprint density at radius 2 is 1.94 bits per heavy atom. The van der Waals surface area contributed by atoms with Gasteiger partial charge in [0, 0.05) is 18.5 Å². The van der Waals surface area contributed by atoms with Crippen LogP contribution in [0.15, 0.2) is 0 Å². The van der Waals surface area contributed by atoms with E-state index in [1.54, 1.807) is 0 Å². The van der Waals surface area contributed by atoms with Crippen LogP contribution in [-0.4, -0.2) is 49.0 Å². The molecule has 0 heterocycles. The maximum atomic E-state index is 12.3. The van der Waals surface area contributed by atoms with Crippen molar-refractivity contribution in [2.45, 2.75) is 33.1 Å². The summed E-state index contributed by atoms with van der Waals surface area (Å²) in [4.78, 5) is 12.5. The van der Waals surface area contributed by atoms with Gasteiger partial charge in [0.1, 0.15) is 6.29 Å². The molecule has 96 valence electrons. The topological polar surface area (TPSA) is 40.5 Å². The Balaban J connectivity index is 4.49. The molecule has 5 heteroatoms. The number of halogens is 2. The second-order valence-corrected chi connectivity index (χ2v) is 4.04. The molecule has 16 heavy (non-hydrogen) atoms. The van der Waals surface area contributed by atoms with Gasteiger partial charge in [0.15, 0.2) is 0 Å². The molecule has 0 radical (unpaired) electrons. The van der Waals surface area contributed by atoms with E-state index in [2.05, 4.69) is 0 Å². The lowest BCUT2D eigenvalue weighted by Crippen LogP contribution is -2.42. The summed E-state index contributed by atoms with van der Waals surface area (Å²) in [5.41, 5.74) is -0.565. The van der Waals surface area contributed by atoms with Gasteiger partial charge in [-0.3, -0.25) is 4.90 Å². The molecule has 0 amide bonds. The minimum absolute atomic E-state index is 0.172. The van der Waals surface area contributed by atoms with E-state index in [9.17, 15) is 13.6 Å². The fourth-order valence-corrected chi connectivity index (χ4v) is 1.69. The molecular weight excluding hydrogens is 216 g/mol. The van der Waals surface area contributed by atoms with Crippen LogP contribution in [-0.2, 0) is 4.79 Å². The van der Waals surface area contributed by atoms with E-state index in [4.69, 9.17) is 5.11 Å². The van der Waals surface area contributed by atoms with Crippen molar-refractivity contribution >= 4 is 6.29 Å². The van der Waals surface area contributed by atoms with Gasteiger partial charge in [-0.15, -0.1) is 0 Å². The predicted octanol–water partition coefficient (Wildman–Crippen LogP) is 1.55. The molecule has 0 aromatic carbocycles. The molecule has 0 aliphatic rings. The van der Waals surface area contributed by atoms with E-state index < -0.39 is 18.4 Å². The van der Waals surface area contributed by atoms with E-state index in [1.165, 1.54) is 4.90 Å². The van der Waals surface area contributed by atoms with Gasteiger partial charge >= 0.3 is 0 Å². The van der Waals surface area contributed by atoms with E-state index in [0.29, 0.717) is 12.8 Å². The molecule has 3 nitrogen and oxygen atoms in total. The Hall–Kier alpha value is -0.550. The normalized spacial score (nSPS) is 12.4. The van der Waals surface area contributed by atoms with Crippen molar-refractivity contribution in [2.24, 2.45) is 5.41 Å². The van der Waals surface area contributed by atoms with Gasteiger partial charge in [-0.1, -0.05) is 13.8 Å². The lowest BCUT2D eigenvalue weighted by molar-refractivity contribution is -0.118. The number of aliphatic hydroxyl groups excluding tert-OH is 1. The van der Waals surface area contributed by atoms with Crippen LogP contribution in [0.4, 0.5) is 8.78 Å². The number of aliphatic hydroxyl groups is 1. The van der Waals surface area contributed by atoms with Crippen molar-refractivity contribution in [1.29, 1.82) is 0 Å². The summed E-state index contributed by atoms with van der Waals surface area (Å²) in [6, 6.07) is 0. The number of alkyl halides is 2. The molecule has 0 aliphatic carbocycles. The Morgan fingerprint density at radius 3 is 2.25 bits per heavy atom. The van der Waals surface area contributed by atoms with E-state index in [1.807, 2.05) is 13.8 Å². The summed E-state index contributed by atoms with van der Waals surface area (Å²) in [5, 5.41) is 8.79. The van der Waals surface area contributed by atoms with Gasteiger partial charge in [-0.25, -0.2) is 8.78 Å². The highest BCUT2D eigenvalue weighted by molar-refractivity contribution is 5.59. The van der Waals surface area contributed by atoms with Gasteiger partial charge < -0.3 is 9.90 Å². The minimum Gasteiger partial charge on any atom is -0.395 e. The van der Waals surface area contributed by atoms with Crippen LogP contribution in [0.2, 0.25) is 0 Å². The first-order chi connectivity index (χ1) is 7.53. The third kappa shape index (κ3) is 4.99. The maximum Gasteiger partial charge on any atom is 0.251 e. The van der Waals surface area contributed by atoms with E-state index in [0.717, 1.165) is 6.29 Å². The maximum absolute atomic E-state index is 12.3. The molecule has 0 unspecified atom stereocenters. The molecule has 0 saturated heterocycles. The third-order valence-electron chi connectivity index (χ3n) is 3.01. The lowest BCUT2D eigenvalue weighted by Gasteiger charge is -2.32. The lowest BCUT2D eigenvalue weighted by atomic mass is 9.83. The number of aldehydes is 1. The van der Waals surface area contributed by atoms with Crippen LogP contribution in [0, 0.1) is 5.41 Å². The highest BCUT2D eigenvalue weighted by atomic mass is 19.3. The van der Waals surface area contributed by atoms with Crippen LogP contribution in [0.5, 0.6) is 0 Å². The van der Waals surface area contributed by atoms with Crippen LogP contribution in [0.1, 0.15) is 26.7 Å². The smallest absolute Gasteiger partial charge is 0.251 e.